The number of rotatable bonds is 8. The molecule has 0 spiro atoms. The lowest BCUT2D eigenvalue weighted by atomic mass is 10.0. The van der Waals surface area contributed by atoms with Gasteiger partial charge in [-0.2, -0.15) is 8.42 Å². The number of amides is 2. The van der Waals surface area contributed by atoms with Gasteiger partial charge >= 0.3 is 16.1 Å². The molecular weight excluding hydrogens is 552 g/mol. The smallest absolute Gasteiger partial charge is 0.384 e. The molecule has 0 N–H and O–H groups in total. The van der Waals surface area contributed by atoms with Crippen molar-refractivity contribution in [2.45, 2.75) is 18.2 Å². The Bertz CT molecular complexity index is 1900. The zero-order valence-electron chi connectivity index (χ0n) is 23.4. The molecule has 0 fully saturated rings. The van der Waals surface area contributed by atoms with Crippen LogP contribution in [-0.4, -0.2) is 45.2 Å². The highest BCUT2D eigenvalue weighted by molar-refractivity contribution is 7.86. The first-order chi connectivity index (χ1) is 20.2. The van der Waals surface area contributed by atoms with Crippen LogP contribution in [0.4, 0.5) is 21.9 Å². The number of nitrogens with zero attached hydrogens (tertiary/aromatic N) is 4. The van der Waals surface area contributed by atoms with Gasteiger partial charge in [-0.25, -0.2) is 4.79 Å². The van der Waals surface area contributed by atoms with Gasteiger partial charge in [0, 0.05) is 44.2 Å². The first-order valence-corrected chi connectivity index (χ1v) is 14.8. The Morgan fingerprint density at radius 1 is 0.929 bits per heavy atom. The number of benzene rings is 3. The summed E-state index contributed by atoms with van der Waals surface area (Å²) in [5.41, 5.74) is 5.29. The predicted molar refractivity (Wildman–Crippen MR) is 162 cm³/mol. The number of urea groups is 1. The molecular formula is C32H29N4O5S+. The van der Waals surface area contributed by atoms with E-state index in [1.165, 1.54) is 17.0 Å². The number of carbonyl (C=O) groups excluding carboxylic acids is 1. The van der Waals surface area contributed by atoms with E-state index in [0.29, 0.717) is 41.0 Å². The lowest BCUT2D eigenvalue weighted by Crippen LogP contribution is -2.51. The second-order valence-electron chi connectivity index (χ2n) is 10.2. The van der Waals surface area contributed by atoms with Crippen LogP contribution in [0.25, 0.3) is 22.0 Å². The van der Waals surface area contributed by atoms with Crippen LogP contribution in [-0.2, 0) is 25.6 Å². The molecule has 1 atom stereocenters. The number of carbonyl (C=O) groups is 1. The zero-order valence-corrected chi connectivity index (χ0v) is 24.2. The number of fused-ring (bicyclic) bond motifs is 3. The second kappa shape index (κ2) is 10.7. The number of aromatic nitrogens is 2. The molecule has 3 aromatic carbocycles. The molecule has 0 saturated carbocycles. The van der Waals surface area contributed by atoms with Crippen LogP contribution in [0.3, 0.4) is 0 Å². The van der Waals surface area contributed by atoms with E-state index in [9.17, 15) is 13.2 Å². The van der Waals surface area contributed by atoms with Gasteiger partial charge in [0.25, 0.3) is 0 Å². The average Bonchev–Trinajstić information content (AvgIpc) is 3.23. The predicted octanol–water partition coefficient (Wildman–Crippen LogP) is 6.32. The fourth-order valence-electron chi connectivity index (χ4n) is 5.21. The Kier molecular flexibility index (Phi) is 7.07. The fraction of sp³-hybridized carbons (Fsp3) is 0.156. The molecule has 212 valence electrons. The minimum absolute atomic E-state index is 0.0550. The highest BCUT2D eigenvalue weighted by Crippen LogP contribution is 2.52. The third-order valence-electron chi connectivity index (χ3n) is 7.46. The number of pyridine rings is 2. The van der Waals surface area contributed by atoms with Crippen LogP contribution in [0.5, 0.6) is 0 Å². The van der Waals surface area contributed by atoms with Crippen LogP contribution < -0.4 is 9.55 Å². The standard InChI is InChI=1S/C32H29N4O5S/c1-22-6-13-27(14-7-22)42(38,39)41-36(26-11-8-23(9-12-26)16-18-40-3)31-28-19-24(25-5-4-17-33-20-25)10-15-29(28)34-21-30(31)35(2)32(36)37/h4-15,17,19-21H,16,18H2,1-3H3/q+1. The summed E-state index contributed by atoms with van der Waals surface area (Å²) in [5.74, 6) is 0. The van der Waals surface area contributed by atoms with Crippen molar-refractivity contribution in [2.75, 3.05) is 25.7 Å². The van der Waals surface area contributed by atoms with Crippen molar-refractivity contribution >= 4 is 44.1 Å². The van der Waals surface area contributed by atoms with Gasteiger partial charge in [0.1, 0.15) is 5.69 Å². The van der Waals surface area contributed by atoms with E-state index < -0.39 is 20.8 Å². The first-order valence-electron chi connectivity index (χ1n) is 13.4. The maximum atomic E-state index is 14.4. The molecule has 10 heteroatoms. The minimum Gasteiger partial charge on any atom is -0.384 e. The molecule has 0 aliphatic carbocycles. The Balaban J connectivity index is 1.63. The third kappa shape index (κ3) is 4.64. The Labute approximate surface area is 244 Å². The number of hydrogen-bond donors (Lipinski definition) is 0. The molecule has 0 radical (unpaired) electrons. The summed E-state index contributed by atoms with van der Waals surface area (Å²) in [5, 5.41) is 0.578. The van der Waals surface area contributed by atoms with E-state index in [2.05, 4.69) is 9.97 Å². The maximum absolute atomic E-state index is 14.4. The maximum Gasteiger partial charge on any atom is 0.468 e. The number of methoxy groups -OCH3 is 1. The average molecular weight is 582 g/mol. The molecule has 1 aliphatic rings. The molecule has 2 aromatic heterocycles. The summed E-state index contributed by atoms with van der Waals surface area (Å²) < 4.78 is 38.2. The van der Waals surface area contributed by atoms with Gasteiger partial charge in [-0.15, -0.1) is 0 Å². The van der Waals surface area contributed by atoms with E-state index in [0.717, 1.165) is 22.3 Å². The number of anilines is 1. The molecule has 3 heterocycles. The molecule has 1 aliphatic heterocycles. The lowest BCUT2D eigenvalue weighted by molar-refractivity contribution is 0.0639. The fourth-order valence-corrected chi connectivity index (χ4v) is 6.28. The van der Waals surface area contributed by atoms with E-state index >= 15 is 0 Å². The number of hydroxylamine groups is 1. The van der Waals surface area contributed by atoms with Gasteiger partial charge in [0.05, 0.1) is 28.6 Å². The summed E-state index contributed by atoms with van der Waals surface area (Å²) >= 11 is 0. The molecule has 1 unspecified atom stereocenters. The normalized spacial score (nSPS) is 16.6. The zero-order chi connectivity index (χ0) is 29.5. The van der Waals surface area contributed by atoms with Crippen LogP contribution >= 0.6 is 0 Å². The van der Waals surface area contributed by atoms with Gasteiger partial charge < -0.3 is 4.74 Å². The Hall–Kier alpha value is -4.48. The third-order valence-corrected chi connectivity index (χ3v) is 8.73. The van der Waals surface area contributed by atoms with Crippen molar-refractivity contribution in [1.82, 2.24) is 14.6 Å². The number of aryl methyl sites for hydroxylation is 1. The van der Waals surface area contributed by atoms with Crippen molar-refractivity contribution in [3.8, 4) is 11.1 Å². The van der Waals surface area contributed by atoms with Gasteiger partial charge in [0.2, 0.25) is 5.69 Å². The molecule has 0 saturated heterocycles. The molecule has 6 rings (SSSR count). The number of hydrogen-bond acceptors (Lipinski definition) is 7. The highest BCUT2D eigenvalue weighted by atomic mass is 32.2. The first kappa shape index (κ1) is 27.7. The van der Waals surface area contributed by atoms with Gasteiger partial charge in [-0.1, -0.05) is 42.0 Å². The van der Waals surface area contributed by atoms with Crippen LogP contribution in [0.2, 0.25) is 0 Å². The van der Waals surface area contributed by atoms with Crippen molar-refractivity contribution in [1.29, 1.82) is 0 Å². The van der Waals surface area contributed by atoms with Gasteiger partial charge in [-0.05, 0) is 63.7 Å². The summed E-state index contributed by atoms with van der Waals surface area (Å²) in [6.07, 6.45) is 5.67. The van der Waals surface area contributed by atoms with Crippen molar-refractivity contribution in [2.24, 2.45) is 0 Å². The van der Waals surface area contributed by atoms with E-state index in [1.807, 2.05) is 49.4 Å². The lowest BCUT2D eigenvalue weighted by Gasteiger charge is -2.27. The van der Waals surface area contributed by atoms with Crippen LogP contribution in [0, 0.1) is 6.92 Å². The molecule has 0 bridgehead atoms. The van der Waals surface area contributed by atoms with Crippen molar-refractivity contribution < 1.29 is 22.2 Å². The topological polar surface area (TPSA) is 98.7 Å². The SMILES string of the molecule is COCCc1ccc([N+]2(OS(=O)(=O)c3ccc(C)cc3)C(=O)N(C)c3cnc4ccc(-c5cccnc5)cc4c32)cc1. The molecule has 2 amide bonds. The highest BCUT2D eigenvalue weighted by Gasteiger charge is 2.60. The Morgan fingerprint density at radius 3 is 2.38 bits per heavy atom. The summed E-state index contributed by atoms with van der Waals surface area (Å²) in [6, 6.07) is 22.3. The molecule has 9 nitrogen and oxygen atoms in total. The summed E-state index contributed by atoms with van der Waals surface area (Å²) in [6.45, 7) is 2.39. The van der Waals surface area contributed by atoms with E-state index in [-0.39, 0.29) is 4.90 Å². The van der Waals surface area contributed by atoms with Crippen LogP contribution in [0.15, 0.2) is 102 Å². The van der Waals surface area contributed by atoms with Crippen molar-refractivity contribution in [3.63, 3.8) is 0 Å². The van der Waals surface area contributed by atoms with Crippen LogP contribution in [0.1, 0.15) is 11.1 Å². The second-order valence-corrected chi connectivity index (χ2v) is 11.7. The van der Waals surface area contributed by atoms with Gasteiger partial charge in [-0.3, -0.25) is 14.9 Å². The molecule has 5 aromatic rings. The Morgan fingerprint density at radius 2 is 1.69 bits per heavy atom. The number of ether oxygens (including phenoxy) is 1. The van der Waals surface area contributed by atoms with Crippen molar-refractivity contribution in [3.05, 3.63) is 109 Å². The summed E-state index contributed by atoms with van der Waals surface area (Å²) in [7, 11) is -1.22. The monoisotopic (exact) mass is 581 g/mol. The quantitative estimate of drug-likeness (QED) is 0.198. The largest absolute Gasteiger partial charge is 0.468 e. The minimum atomic E-state index is -4.45. The summed E-state index contributed by atoms with van der Waals surface area (Å²) in [4.78, 5) is 24.5. The van der Waals surface area contributed by atoms with Gasteiger partial charge in [0.15, 0.2) is 5.69 Å². The molecule has 42 heavy (non-hydrogen) atoms. The van der Waals surface area contributed by atoms with E-state index in [4.69, 9.17) is 9.02 Å². The number of quaternary nitrogens is 1. The van der Waals surface area contributed by atoms with E-state index in [1.54, 1.807) is 57.0 Å².